The summed E-state index contributed by atoms with van der Waals surface area (Å²) in [6, 6.07) is 6.86. The lowest BCUT2D eigenvalue weighted by Gasteiger charge is -2.51. The topological polar surface area (TPSA) is 119 Å². The molecule has 2 aliphatic rings. The fraction of sp³-hybridized carbons (Fsp3) is 0.800. The highest BCUT2D eigenvalue weighted by Crippen LogP contribution is 2.45. The standard InChI is InChI=1S/C40H70O10Si2/c1-37(2,3)36(43)45-21-19-32-25-34(50-52(13,14)39(7,8)9)27-40(48-32)26-29(41)23-33(49-40)24-31(20-22-46-51(11,12)38(4,5)6)47-35(42)28-15-17-30(44-10)18-16-28/h15-18,29,31-34,41H,19-27H2,1-14H3/t29-,31+,32-,33-,34-,40+/m0/s1. The molecule has 1 N–H and O–H groups in total. The van der Waals surface area contributed by atoms with Crippen LogP contribution >= 0.6 is 0 Å². The fourth-order valence-corrected chi connectivity index (χ4v) is 8.53. The van der Waals surface area contributed by atoms with Gasteiger partial charge in [0, 0.05) is 38.7 Å². The maximum absolute atomic E-state index is 13.4. The number of benzene rings is 1. The lowest BCUT2D eigenvalue weighted by atomic mass is 9.88. The molecule has 6 atom stereocenters. The Bertz CT molecular complexity index is 1310. The molecule has 1 spiro atoms. The zero-order valence-electron chi connectivity index (χ0n) is 34.7. The van der Waals surface area contributed by atoms with Gasteiger partial charge < -0.3 is 37.6 Å². The van der Waals surface area contributed by atoms with Crippen LogP contribution in [0.1, 0.15) is 118 Å². The summed E-state index contributed by atoms with van der Waals surface area (Å²) in [5, 5.41) is 11.4. The van der Waals surface area contributed by atoms with E-state index in [2.05, 4.69) is 67.7 Å². The average Bonchev–Trinajstić information content (AvgIpc) is 2.98. The molecule has 3 rings (SSSR count). The maximum Gasteiger partial charge on any atom is 0.338 e. The van der Waals surface area contributed by atoms with E-state index >= 15 is 0 Å². The van der Waals surface area contributed by atoms with Crippen LogP contribution in [-0.2, 0) is 32.6 Å². The van der Waals surface area contributed by atoms with Crippen molar-refractivity contribution in [2.45, 2.75) is 180 Å². The van der Waals surface area contributed by atoms with E-state index in [-0.39, 0.29) is 34.9 Å². The Morgan fingerprint density at radius 1 is 0.865 bits per heavy atom. The second-order valence-corrected chi connectivity index (χ2v) is 28.6. The molecule has 1 aromatic rings. The van der Waals surface area contributed by atoms with Crippen molar-refractivity contribution in [2.24, 2.45) is 5.41 Å². The van der Waals surface area contributed by atoms with Crippen LogP contribution in [0.4, 0.5) is 0 Å². The van der Waals surface area contributed by atoms with Crippen LogP contribution in [0.25, 0.3) is 0 Å². The monoisotopic (exact) mass is 766 g/mol. The first-order valence-corrected chi connectivity index (χ1v) is 25.0. The highest BCUT2D eigenvalue weighted by Gasteiger charge is 2.51. The van der Waals surface area contributed by atoms with Gasteiger partial charge in [-0.25, -0.2) is 4.79 Å². The minimum atomic E-state index is -2.17. The van der Waals surface area contributed by atoms with Gasteiger partial charge in [0.1, 0.15) is 11.9 Å². The maximum atomic E-state index is 13.4. The lowest BCUT2D eigenvalue weighted by molar-refractivity contribution is -0.340. The molecule has 0 saturated carbocycles. The zero-order valence-corrected chi connectivity index (χ0v) is 36.7. The number of hydrogen-bond donors (Lipinski definition) is 1. The summed E-state index contributed by atoms with van der Waals surface area (Å²) in [7, 11) is -2.64. The lowest BCUT2D eigenvalue weighted by Crippen LogP contribution is -2.57. The molecule has 1 aromatic carbocycles. The van der Waals surface area contributed by atoms with Crippen LogP contribution in [-0.4, -0.2) is 90.3 Å². The van der Waals surface area contributed by atoms with Crippen LogP contribution in [0.2, 0.25) is 36.3 Å². The molecule has 2 aliphatic heterocycles. The number of esters is 2. The van der Waals surface area contributed by atoms with Crippen LogP contribution < -0.4 is 4.74 Å². The van der Waals surface area contributed by atoms with Gasteiger partial charge >= 0.3 is 11.9 Å². The first-order chi connectivity index (χ1) is 23.8. The molecule has 10 nitrogen and oxygen atoms in total. The third kappa shape index (κ3) is 12.6. The molecule has 0 unspecified atom stereocenters. The number of aliphatic hydroxyl groups is 1. The third-order valence-corrected chi connectivity index (χ3v) is 20.4. The van der Waals surface area contributed by atoms with Gasteiger partial charge in [-0.15, -0.1) is 0 Å². The Labute approximate surface area is 316 Å². The predicted octanol–water partition coefficient (Wildman–Crippen LogP) is 8.81. The summed E-state index contributed by atoms with van der Waals surface area (Å²) in [5.41, 5.74) is -0.177. The predicted molar refractivity (Wildman–Crippen MR) is 209 cm³/mol. The van der Waals surface area contributed by atoms with Crippen molar-refractivity contribution in [1.82, 2.24) is 0 Å². The minimum Gasteiger partial charge on any atom is -0.497 e. The van der Waals surface area contributed by atoms with Crippen LogP contribution in [0.5, 0.6) is 5.75 Å². The molecular weight excluding hydrogens is 697 g/mol. The molecule has 2 saturated heterocycles. The van der Waals surface area contributed by atoms with Gasteiger partial charge in [0.2, 0.25) is 0 Å². The van der Waals surface area contributed by atoms with E-state index in [1.165, 1.54) is 0 Å². The van der Waals surface area contributed by atoms with Gasteiger partial charge in [-0.3, -0.25) is 4.79 Å². The highest BCUT2D eigenvalue weighted by atomic mass is 28.4. The largest absolute Gasteiger partial charge is 0.497 e. The second kappa shape index (κ2) is 17.3. The Kier molecular flexibility index (Phi) is 14.9. The Balaban J connectivity index is 1.85. The molecule has 0 amide bonds. The van der Waals surface area contributed by atoms with Crippen molar-refractivity contribution in [3.8, 4) is 5.75 Å². The van der Waals surface area contributed by atoms with Crippen molar-refractivity contribution in [3.63, 3.8) is 0 Å². The molecule has 52 heavy (non-hydrogen) atoms. The quantitative estimate of drug-likeness (QED) is 0.145. The Hall–Kier alpha value is -1.81. The van der Waals surface area contributed by atoms with Gasteiger partial charge in [0.25, 0.3) is 0 Å². The van der Waals surface area contributed by atoms with Crippen LogP contribution in [0.3, 0.4) is 0 Å². The first kappa shape index (κ1) is 44.6. The zero-order chi connectivity index (χ0) is 39.3. The van der Waals surface area contributed by atoms with E-state index in [0.717, 1.165) is 0 Å². The fourth-order valence-electron chi connectivity index (χ4n) is 6.11. The second-order valence-electron chi connectivity index (χ2n) is 19.0. The molecule has 2 heterocycles. The number of hydrogen-bond acceptors (Lipinski definition) is 10. The summed E-state index contributed by atoms with van der Waals surface area (Å²) < 4.78 is 44.2. The summed E-state index contributed by atoms with van der Waals surface area (Å²) in [4.78, 5) is 26.0. The minimum absolute atomic E-state index is 0.000853. The summed E-state index contributed by atoms with van der Waals surface area (Å²) in [6.07, 6.45) is 0.992. The van der Waals surface area contributed by atoms with Gasteiger partial charge in [0.15, 0.2) is 22.4 Å². The molecule has 12 heteroatoms. The highest BCUT2D eigenvalue weighted by molar-refractivity contribution is 6.74. The SMILES string of the molecule is COc1ccc(C(=O)O[C@H](CCO[Si](C)(C)C(C)(C)C)C[C@@H]2C[C@H](O)C[C@]3(C[C@@H](O[Si](C)(C)C(C)(C)C)C[C@H](CCOC(=O)C(C)(C)C)O3)O2)cc1. The molecule has 2 fully saturated rings. The van der Waals surface area contributed by atoms with Crippen molar-refractivity contribution < 1.29 is 47.2 Å². The van der Waals surface area contributed by atoms with Gasteiger partial charge in [0.05, 0.1) is 49.1 Å². The summed E-state index contributed by atoms with van der Waals surface area (Å²) >= 11 is 0. The van der Waals surface area contributed by atoms with Crippen LogP contribution in [0, 0.1) is 5.41 Å². The Morgan fingerprint density at radius 3 is 2.02 bits per heavy atom. The van der Waals surface area contributed by atoms with E-state index in [0.29, 0.717) is 62.9 Å². The number of methoxy groups -OCH3 is 1. The molecule has 0 aromatic heterocycles. The molecule has 0 radical (unpaired) electrons. The average molecular weight is 767 g/mol. The van der Waals surface area contributed by atoms with Gasteiger partial charge in [-0.1, -0.05) is 41.5 Å². The van der Waals surface area contributed by atoms with Crippen molar-refractivity contribution in [2.75, 3.05) is 20.3 Å². The van der Waals surface area contributed by atoms with Crippen molar-refractivity contribution in [1.29, 1.82) is 0 Å². The van der Waals surface area contributed by atoms with E-state index in [4.69, 9.17) is 32.5 Å². The number of rotatable bonds is 14. The smallest absolute Gasteiger partial charge is 0.338 e. The summed E-state index contributed by atoms with van der Waals surface area (Å²) in [6.45, 7) is 28.3. The molecule has 0 bridgehead atoms. The van der Waals surface area contributed by atoms with E-state index in [1.54, 1.807) is 31.4 Å². The van der Waals surface area contributed by atoms with E-state index < -0.39 is 52.1 Å². The molecule has 298 valence electrons. The van der Waals surface area contributed by atoms with Crippen molar-refractivity contribution >= 4 is 28.6 Å². The van der Waals surface area contributed by atoms with Gasteiger partial charge in [-0.05, 0) is 94.1 Å². The van der Waals surface area contributed by atoms with Crippen molar-refractivity contribution in [3.05, 3.63) is 29.8 Å². The molecular formula is C40H70O10Si2. The molecule has 0 aliphatic carbocycles. The summed E-state index contributed by atoms with van der Waals surface area (Å²) in [5.74, 6) is -1.15. The third-order valence-electron chi connectivity index (χ3n) is 11.3. The number of carbonyl (C=O) groups excluding carboxylic acids is 2. The number of aliphatic hydroxyl groups excluding tert-OH is 1. The van der Waals surface area contributed by atoms with Gasteiger partial charge in [-0.2, -0.15) is 0 Å². The van der Waals surface area contributed by atoms with Crippen LogP contribution in [0.15, 0.2) is 24.3 Å². The Morgan fingerprint density at radius 2 is 1.46 bits per heavy atom. The number of ether oxygens (including phenoxy) is 5. The first-order valence-electron chi connectivity index (χ1n) is 19.1. The normalized spacial score (nSPS) is 25.4. The number of carbonyl (C=O) groups is 2. The van der Waals surface area contributed by atoms with E-state index in [1.807, 2.05) is 20.8 Å². The van der Waals surface area contributed by atoms with E-state index in [9.17, 15) is 14.7 Å².